The first-order chi connectivity index (χ1) is 10.2. The third-order valence-corrected chi connectivity index (χ3v) is 4.09. The van der Waals surface area contributed by atoms with Crippen molar-refractivity contribution >= 4 is 11.8 Å². The molecular formula is C15H26FN5. The van der Waals surface area contributed by atoms with E-state index >= 15 is 0 Å². The molecule has 0 bridgehead atoms. The zero-order valence-corrected chi connectivity index (χ0v) is 13.3. The van der Waals surface area contributed by atoms with Crippen molar-refractivity contribution in [1.29, 1.82) is 0 Å². The normalized spacial score (nSPS) is 17.8. The Hall–Kier alpha value is -1.43. The van der Waals surface area contributed by atoms with Crippen LogP contribution in [0.1, 0.15) is 33.6 Å². The van der Waals surface area contributed by atoms with Gasteiger partial charge in [0.1, 0.15) is 0 Å². The van der Waals surface area contributed by atoms with E-state index in [1.165, 1.54) is 6.20 Å². The summed E-state index contributed by atoms with van der Waals surface area (Å²) in [6.45, 7) is 10.8. The maximum Gasteiger partial charge on any atom is 0.224 e. The minimum absolute atomic E-state index is 0.339. The van der Waals surface area contributed by atoms with Crippen molar-refractivity contribution < 1.29 is 4.39 Å². The van der Waals surface area contributed by atoms with Gasteiger partial charge in [-0.15, -0.1) is 0 Å². The Bertz CT molecular complexity index is 446. The first-order valence-electron chi connectivity index (χ1n) is 7.91. The summed E-state index contributed by atoms with van der Waals surface area (Å²) in [5.41, 5.74) is 0. The standard InChI is InChI=1S/C15H26FN5/c1-4-6-17-15-18-11-13(16)14(19-15)21-9-7-20(8-10-21)12(3)5-2/h11-12H,4-10H2,1-3H3,(H,17,18,19). The second-order valence-corrected chi connectivity index (χ2v) is 5.57. The molecule has 1 fully saturated rings. The summed E-state index contributed by atoms with van der Waals surface area (Å²) in [4.78, 5) is 12.8. The lowest BCUT2D eigenvalue weighted by Crippen LogP contribution is -2.50. The summed E-state index contributed by atoms with van der Waals surface area (Å²) in [5.74, 6) is 0.596. The lowest BCUT2D eigenvalue weighted by molar-refractivity contribution is 0.192. The molecule has 1 N–H and O–H groups in total. The number of hydrogen-bond acceptors (Lipinski definition) is 5. The maximum atomic E-state index is 14.0. The lowest BCUT2D eigenvalue weighted by Gasteiger charge is -2.38. The molecule has 21 heavy (non-hydrogen) atoms. The van der Waals surface area contributed by atoms with Gasteiger partial charge in [0.15, 0.2) is 11.6 Å². The molecule has 0 radical (unpaired) electrons. The summed E-state index contributed by atoms with van der Waals surface area (Å²) in [7, 11) is 0. The van der Waals surface area contributed by atoms with Gasteiger partial charge in [-0.05, 0) is 19.8 Å². The summed E-state index contributed by atoms with van der Waals surface area (Å²) >= 11 is 0. The average molecular weight is 295 g/mol. The smallest absolute Gasteiger partial charge is 0.224 e. The van der Waals surface area contributed by atoms with E-state index in [1.807, 2.05) is 4.90 Å². The van der Waals surface area contributed by atoms with Crippen molar-refractivity contribution in [2.75, 3.05) is 42.9 Å². The molecule has 1 unspecified atom stereocenters. The predicted octanol–water partition coefficient (Wildman–Crippen LogP) is 2.36. The van der Waals surface area contributed by atoms with Gasteiger partial charge in [0.25, 0.3) is 0 Å². The Kier molecular flexibility index (Phi) is 5.73. The minimum Gasteiger partial charge on any atom is -0.354 e. The van der Waals surface area contributed by atoms with Gasteiger partial charge >= 0.3 is 0 Å². The van der Waals surface area contributed by atoms with Crippen LogP contribution in [0.3, 0.4) is 0 Å². The molecule has 0 amide bonds. The van der Waals surface area contributed by atoms with Crippen molar-refractivity contribution in [3.63, 3.8) is 0 Å². The van der Waals surface area contributed by atoms with E-state index in [9.17, 15) is 4.39 Å². The molecule has 5 nitrogen and oxygen atoms in total. The van der Waals surface area contributed by atoms with Crippen LogP contribution in [0.5, 0.6) is 0 Å². The monoisotopic (exact) mass is 295 g/mol. The average Bonchev–Trinajstić information content (AvgIpc) is 2.53. The molecule has 2 heterocycles. The van der Waals surface area contributed by atoms with Gasteiger partial charge in [-0.1, -0.05) is 13.8 Å². The molecule has 0 aliphatic carbocycles. The Morgan fingerprint density at radius 1 is 1.29 bits per heavy atom. The molecule has 1 aliphatic rings. The topological polar surface area (TPSA) is 44.3 Å². The summed E-state index contributed by atoms with van der Waals surface area (Å²) in [6, 6.07) is 0.587. The number of nitrogens with one attached hydrogen (secondary N) is 1. The van der Waals surface area contributed by atoms with Gasteiger partial charge in [-0.2, -0.15) is 4.98 Å². The Morgan fingerprint density at radius 2 is 2.00 bits per heavy atom. The van der Waals surface area contributed by atoms with Crippen LogP contribution in [0.25, 0.3) is 0 Å². The zero-order valence-electron chi connectivity index (χ0n) is 13.3. The highest BCUT2D eigenvalue weighted by molar-refractivity contribution is 5.44. The molecule has 118 valence electrons. The summed E-state index contributed by atoms with van der Waals surface area (Å²) < 4.78 is 14.0. The van der Waals surface area contributed by atoms with Crippen LogP contribution in [-0.4, -0.2) is 53.6 Å². The first-order valence-corrected chi connectivity index (χ1v) is 7.91. The highest BCUT2D eigenvalue weighted by Gasteiger charge is 2.23. The number of halogens is 1. The fourth-order valence-electron chi connectivity index (χ4n) is 2.53. The van der Waals surface area contributed by atoms with E-state index in [0.29, 0.717) is 17.8 Å². The molecule has 6 heteroatoms. The van der Waals surface area contributed by atoms with Crippen LogP contribution < -0.4 is 10.2 Å². The van der Waals surface area contributed by atoms with E-state index in [1.54, 1.807) is 0 Å². The fourth-order valence-corrected chi connectivity index (χ4v) is 2.53. The van der Waals surface area contributed by atoms with Crippen LogP contribution >= 0.6 is 0 Å². The van der Waals surface area contributed by atoms with Gasteiger partial charge in [0, 0.05) is 38.8 Å². The Morgan fingerprint density at radius 3 is 2.62 bits per heavy atom. The van der Waals surface area contributed by atoms with Gasteiger partial charge in [-0.3, -0.25) is 4.90 Å². The quantitative estimate of drug-likeness (QED) is 0.873. The van der Waals surface area contributed by atoms with E-state index in [-0.39, 0.29) is 5.82 Å². The largest absolute Gasteiger partial charge is 0.354 e. The van der Waals surface area contributed by atoms with Gasteiger partial charge in [0.05, 0.1) is 6.20 Å². The minimum atomic E-state index is -0.339. The van der Waals surface area contributed by atoms with Crippen molar-refractivity contribution in [2.24, 2.45) is 0 Å². The number of rotatable bonds is 6. The van der Waals surface area contributed by atoms with E-state index in [0.717, 1.165) is 45.6 Å². The summed E-state index contributed by atoms with van der Waals surface area (Å²) in [6.07, 6.45) is 3.40. The second-order valence-electron chi connectivity index (χ2n) is 5.57. The third-order valence-electron chi connectivity index (χ3n) is 4.09. The molecule has 1 aromatic rings. The van der Waals surface area contributed by atoms with Crippen LogP contribution in [0.4, 0.5) is 16.2 Å². The van der Waals surface area contributed by atoms with Gasteiger partial charge < -0.3 is 10.2 Å². The van der Waals surface area contributed by atoms with Crippen LogP contribution in [0, 0.1) is 5.82 Å². The summed E-state index contributed by atoms with van der Waals surface area (Å²) in [5, 5.41) is 3.11. The first kappa shape index (κ1) is 15.9. The molecule has 1 aliphatic heterocycles. The van der Waals surface area contributed by atoms with E-state index in [2.05, 4.69) is 41.0 Å². The zero-order chi connectivity index (χ0) is 15.2. The molecule has 0 saturated carbocycles. The molecule has 1 aromatic heterocycles. The SMILES string of the molecule is CCCNc1ncc(F)c(N2CCN(C(C)CC)CC2)n1. The van der Waals surface area contributed by atoms with E-state index in [4.69, 9.17) is 0 Å². The predicted molar refractivity (Wildman–Crippen MR) is 84.3 cm³/mol. The van der Waals surface area contributed by atoms with Gasteiger partial charge in [0.2, 0.25) is 5.95 Å². The number of hydrogen-bond donors (Lipinski definition) is 1. The van der Waals surface area contributed by atoms with Crippen molar-refractivity contribution in [3.05, 3.63) is 12.0 Å². The lowest BCUT2D eigenvalue weighted by atomic mass is 10.2. The van der Waals surface area contributed by atoms with Crippen molar-refractivity contribution in [3.8, 4) is 0 Å². The molecular weight excluding hydrogens is 269 g/mol. The maximum absolute atomic E-state index is 14.0. The highest BCUT2D eigenvalue weighted by Crippen LogP contribution is 2.20. The highest BCUT2D eigenvalue weighted by atomic mass is 19.1. The Balaban J connectivity index is 2.02. The van der Waals surface area contributed by atoms with Crippen molar-refractivity contribution in [2.45, 2.75) is 39.7 Å². The van der Waals surface area contributed by atoms with Crippen LogP contribution in [0.15, 0.2) is 6.20 Å². The molecule has 1 atom stereocenters. The Labute approximate surface area is 126 Å². The van der Waals surface area contributed by atoms with Crippen LogP contribution in [-0.2, 0) is 0 Å². The van der Waals surface area contributed by atoms with E-state index < -0.39 is 0 Å². The molecule has 0 spiro atoms. The van der Waals surface area contributed by atoms with Gasteiger partial charge in [-0.25, -0.2) is 9.37 Å². The number of nitrogens with zero attached hydrogens (tertiary/aromatic N) is 4. The number of piperazine rings is 1. The number of aromatic nitrogens is 2. The van der Waals surface area contributed by atoms with Crippen LogP contribution in [0.2, 0.25) is 0 Å². The molecule has 2 rings (SSSR count). The fraction of sp³-hybridized carbons (Fsp3) is 0.733. The second kappa shape index (κ2) is 7.54. The third kappa shape index (κ3) is 4.03. The molecule has 1 saturated heterocycles. The van der Waals surface area contributed by atoms with Crippen molar-refractivity contribution in [1.82, 2.24) is 14.9 Å². The number of anilines is 2. The molecule has 0 aromatic carbocycles.